The highest BCUT2D eigenvalue weighted by Crippen LogP contribution is 2.33. The molecule has 0 bridgehead atoms. The monoisotopic (exact) mass is 265 g/mol. The van der Waals surface area contributed by atoms with E-state index in [-0.39, 0.29) is 5.97 Å². The molecule has 1 unspecified atom stereocenters. The van der Waals surface area contributed by atoms with Crippen LogP contribution in [0.2, 0.25) is 0 Å². The maximum Gasteiger partial charge on any atom is 0.327 e. The number of esters is 1. The lowest BCUT2D eigenvalue weighted by Gasteiger charge is -2.25. The van der Waals surface area contributed by atoms with E-state index in [9.17, 15) is 4.79 Å². The smallest absolute Gasteiger partial charge is 0.327 e. The van der Waals surface area contributed by atoms with E-state index in [1.165, 1.54) is 0 Å². The quantitative estimate of drug-likeness (QED) is 0.774. The average Bonchev–Trinajstić information content (AvgIpc) is 2.38. The number of hydrogen-bond acceptors (Lipinski definition) is 5. The summed E-state index contributed by atoms with van der Waals surface area (Å²) in [4.78, 5) is 13.8. The first kappa shape index (κ1) is 13.7. The summed E-state index contributed by atoms with van der Waals surface area (Å²) in [7, 11) is 3.69. The molecule has 1 aliphatic heterocycles. The number of fused-ring (bicyclic) bond motifs is 1. The van der Waals surface area contributed by atoms with E-state index in [1.807, 2.05) is 37.2 Å². The number of benzene rings is 1. The Labute approximate surface area is 113 Å². The van der Waals surface area contributed by atoms with Crippen molar-refractivity contribution in [3.63, 3.8) is 0 Å². The second-order valence-corrected chi connectivity index (χ2v) is 4.52. The second-order valence-electron chi connectivity index (χ2n) is 4.52. The Morgan fingerprint density at radius 1 is 1.32 bits per heavy atom. The topological polar surface area (TPSA) is 48.0 Å². The van der Waals surface area contributed by atoms with Gasteiger partial charge in [0.1, 0.15) is 19.3 Å². The first-order valence-electron chi connectivity index (χ1n) is 6.36. The number of ether oxygens (including phenoxy) is 3. The number of carbonyl (C=O) groups is 1. The molecular formula is C14H19NO4. The zero-order chi connectivity index (χ0) is 13.8. The Morgan fingerprint density at radius 3 is 2.63 bits per heavy atom. The Kier molecular flexibility index (Phi) is 4.27. The van der Waals surface area contributed by atoms with Crippen LogP contribution in [-0.2, 0) is 9.53 Å². The van der Waals surface area contributed by atoms with Crippen molar-refractivity contribution in [1.82, 2.24) is 4.90 Å². The summed E-state index contributed by atoms with van der Waals surface area (Å²) in [5.41, 5.74) is 0.840. The third-order valence-electron chi connectivity index (χ3n) is 2.91. The van der Waals surface area contributed by atoms with Gasteiger partial charge in [-0.25, -0.2) is 4.79 Å². The van der Waals surface area contributed by atoms with Crippen LogP contribution < -0.4 is 9.47 Å². The van der Waals surface area contributed by atoms with Crippen LogP contribution in [0.15, 0.2) is 18.2 Å². The second kappa shape index (κ2) is 5.93. The fourth-order valence-corrected chi connectivity index (χ4v) is 2.10. The van der Waals surface area contributed by atoms with E-state index in [2.05, 4.69) is 0 Å². The summed E-state index contributed by atoms with van der Waals surface area (Å²) in [5.74, 6) is 1.14. The number of rotatable bonds is 4. The lowest BCUT2D eigenvalue weighted by Crippen LogP contribution is -2.29. The molecule has 1 aliphatic rings. The molecule has 5 heteroatoms. The van der Waals surface area contributed by atoms with Crippen molar-refractivity contribution >= 4 is 5.97 Å². The highest BCUT2D eigenvalue weighted by Gasteiger charge is 2.26. The van der Waals surface area contributed by atoms with Gasteiger partial charge in [-0.05, 0) is 38.7 Å². The van der Waals surface area contributed by atoms with Crippen molar-refractivity contribution in [2.24, 2.45) is 0 Å². The van der Waals surface area contributed by atoms with Gasteiger partial charge in [0, 0.05) is 0 Å². The first-order valence-corrected chi connectivity index (χ1v) is 6.36. The van der Waals surface area contributed by atoms with E-state index < -0.39 is 6.04 Å². The van der Waals surface area contributed by atoms with Crippen molar-refractivity contribution < 1.29 is 19.0 Å². The summed E-state index contributed by atoms with van der Waals surface area (Å²) < 4.78 is 16.1. The van der Waals surface area contributed by atoms with Crippen LogP contribution in [0.1, 0.15) is 18.5 Å². The lowest BCUT2D eigenvalue weighted by molar-refractivity contribution is -0.148. The molecule has 2 rings (SSSR count). The minimum atomic E-state index is -0.434. The molecule has 1 heterocycles. The maximum atomic E-state index is 12.0. The molecule has 1 aromatic carbocycles. The van der Waals surface area contributed by atoms with Gasteiger partial charge in [0.05, 0.1) is 6.61 Å². The zero-order valence-electron chi connectivity index (χ0n) is 11.5. The molecule has 0 spiro atoms. The lowest BCUT2D eigenvalue weighted by atomic mass is 10.1. The molecule has 0 radical (unpaired) electrons. The third-order valence-corrected chi connectivity index (χ3v) is 2.91. The van der Waals surface area contributed by atoms with Crippen LogP contribution in [0.3, 0.4) is 0 Å². The van der Waals surface area contributed by atoms with E-state index in [0.29, 0.717) is 25.6 Å². The predicted molar refractivity (Wildman–Crippen MR) is 70.5 cm³/mol. The zero-order valence-corrected chi connectivity index (χ0v) is 11.5. The SMILES string of the molecule is CCOC(=O)C(c1ccc2c(c1)OCCO2)N(C)C. The van der Waals surface area contributed by atoms with Crippen LogP contribution >= 0.6 is 0 Å². The van der Waals surface area contributed by atoms with Gasteiger partial charge in [-0.1, -0.05) is 6.07 Å². The van der Waals surface area contributed by atoms with Crippen molar-refractivity contribution in [3.8, 4) is 11.5 Å². The molecule has 1 aromatic rings. The number of hydrogen-bond donors (Lipinski definition) is 0. The molecule has 0 amide bonds. The summed E-state index contributed by atoms with van der Waals surface area (Å²) in [6.07, 6.45) is 0. The first-order chi connectivity index (χ1) is 9.13. The highest BCUT2D eigenvalue weighted by molar-refractivity contribution is 5.78. The van der Waals surface area contributed by atoms with Crippen molar-refractivity contribution in [1.29, 1.82) is 0 Å². The largest absolute Gasteiger partial charge is 0.486 e. The minimum absolute atomic E-state index is 0.260. The normalized spacial score (nSPS) is 15.2. The number of nitrogens with zero attached hydrogens (tertiary/aromatic N) is 1. The summed E-state index contributed by atoms with van der Waals surface area (Å²) in [6.45, 7) is 3.26. The summed E-state index contributed by atoms with van der Waals surface area (Å²) in [5, 5.41) is 0. The molecule has 0 aliphatic carbocycles. The van der Waals surface area contributed by atoms with Crippen LogP contribution in [0.4, 0.5) is 0 Å². The predicted octanol–water partition coefficient (Wildman–Crippen LogP) is 1.62. The maximum absolute atomic E-state index is 12.0. The van der Waals surface area contributed by atoms with Crippen LogP contribution in [0, 0.1) is 0 Å². The molecule has 0 N–H and O–H groups in total. The fraction of sp³-hybridized carbons (Fsp3) is 0.500. The van der Waals surface area contributed by atoms with Gasteiger partial charge in [-0.2, -0.15) is 0 Å². The molecule has 0 aromatic heterocycles. The van der Waals surface area contributed by atoms with Crippen molar-refractivity contribution in [2.75, 3.05) is 33.9 Å². The van der Waals surface area contributed by atoms with Crippen LogP contribution in [0.5, 0.6) is 11.5 Å². The molecule has 5 nitrogen and oxygen atoms in total. The van der Waals surface area contributed by atoms with Gasteiger partial charge in [0.2, 0.25) is 0 Å². The van der Waals surface area contributed by atoms with E-state index in [1.54, 1.807) is 6.92 Å². The molecule has 0 saturated heterocycles. The average molecular weight is 265 g/mol. The van der Waals surface area contributed by atoms with Crippen LogP contribution in [-0.4, -0.2) is 44.8 Å². The molecule has 104 valence electrons. The molecular weight excluding hydrogens is 246 g/mol. The highest BCUT2D eigenvalue weighted by atomic mass is 16.6. The fourth-order valence-electron chi connectivity index (χ4n) is 2.10. The third kappa shape index (κ3) is 2.98. The Balaban J connectivity index is 2.29. The van der Waals surface area contributed by atoms with Gasteiger partial charge in [0.15, 0.2) is 11.5 Å². The number of likely N-dealkylation sites (N-methyl/N-ethyl adjacent to an activating group) is 1. The van der Waals surface area contributed by atoms with Gasteiger partial charge < -0.3 is 14.2 Å². The van der Waals surface area contributed by atoms with Gasteiger partial charge in [-0.3, -0.25) is 4.90 Å². The number of carbonyl (C=O) groups excluding carboxylic acids is 1. The van der Waals surface area contributed by atoms with Gasteiger partial charge in [-0.15, -0.1) is 0 Å². The molecule has 0 saturated carbocycles. The van der Waals surface area contributed by atoms with Crippen molar-refractivity contribution in [2.45, 2.75) is 13.0 Å². The van der Waals surface area contributed by atoms with Gasteiger partial charge in [0.25, 0.3) is 0 Å². The Bertz CT molecular complexity index is 459. The Hall–Kier alpha value is -1.75. The van der Waals surface area contributed by atoms with Gasteiger partial charge >= 0.3 is 5.97 Å². The summed E-state index contributed by atoms with van der Waals surface area (Å²) >= 11 is 0. The standard InChI is InChI=1S/C14H19NO4/c1-4-17-14(16)13(15(2)3)10-5-6-11-12(9-10)19-8-7-18-11/h5-6,9,13H,4,7-8H2,1-3H3. The van der Waals surface area contributed by atoms with E-state index in [4.69, 9.17) is 14.2 Å². The Morgan fingerprint density at radius 2 is 2.00 bits per heavy atom. The van der Waals surface area contributed by atoms with E-state index in [0.717, 1.165) is 11.3 Å². The molecule has 0 fully saturated rings. The summed E-state index contributed by atoms with van der Waals surface area (Å²) in [6, 6.07) is 5.11. The van der Waals surface area contributed by atoms with Crippen LogP contribution in [0.25, 0.3) is 0 Å². The molecule has 19 heavy (non-hydrogen) atoms. The minimum Gasteiger partial charge on any atom is -0.486 e. The van der Waals surface area contributed by atoms with E-state index >= 15 is 0 Å². The van der Waals surface area contributed by atoms with Crippen molar-refractivity contribution in [3.05, 3.63) is 23.8 Å². The molecule has 1 atom stereocenters.